The zero-order valence-electron chi connectivity index (χ0n) is 22.9. The van der Waals surface area contributed by atoms with Gasteiger partial charge in [-0.15, -0.1) is 0 Å². The van der Waals surface area contributed by atoms with Gasteiger partial charge in [0.25, 0.3) is 0 Å². The van der Waals surface area contributed by atoms with Crippen LogP contribution in [0.15, 0.2) is 54.6 Å². The topological polar surface area (TPSA) is 56.8 Å². The number of hydrogen-bond donors (Lipinski definition) is 1. The van der Waals surface area contributed by atoms with Crippen molar-refractivity contribution in [3.8, 4) is 28.4 Å². The van der Waals surface area contributed by atoms with Crippen molar-refractivity contribution < 1.29 is 35.4 Å². The van der Waals surface area contributed by atoms with Crippen LogP contribution < -0.4 is 19.0 Å². The van der Waals surface area contributed by atoms with Gasteiger partial charge in [-0.3, -0.25) is 0 Å². The second kappa shape index (κ2) is 11.5. The summed E-state index contributed by atoms with van der Waals surface area (Å²) in [5, 5.41) is 3.53. The van der Waals surface area contributed by atoms with Gasteiger partial charge >= 0.3 is 6.18 Å². The van der Waals surface area contributed by atoms with Gasteiger partial charge in [-0.1, -0.05) is 18.2 Å². The Kier molecular flexibility index (Phi) is 8.49. The first-order chi connectivity index (χ1) is 18.8. The lowest BCUT2D eigenvalue weighted by atomic mass is 9.85. The van der Waals surface area contributed by atoms with Crippen LogP contribution in [0.5, 0.6) is 17.2 Å². The molecule has 0 spiro atoms. The van der Waals surface area contributed by atoms with Gasteiger partial charge in [0.1, 0.15) is 29.7 Å². The molecule has 1 atom stereocenters. The fourth-order valence-electron chi connectivity index (χ4n) is 4.77. The van der Waals surface area contributed by atoms with E-state index in [0.29, 0.717) is 17.1 Å². The lowest BCUT2D eigenvalue weighted by Crippen LogP contribution is -2.32. The number of rotatable bonds is 9. The van der Waals surface area contributed by atoms with Crippen molar-refractivity contribution in [1.29, 1.82) is 0 Å². The average molecular weight is 578 g/mol. The van der Waals surface area contributed by atoms with Crippen LogP contribution in [0.3, 0.4) is 0 Å². The summed E-state index contributed by atoms with van der Waals surface area (Å²) in [6.07, 6.45) is -3.51. The van der Waals surface area contributed by atoms with Gasteiger partial charge in [0.2, 0.25) is 11.1 Å². The van der Waals surface area contributed by atoms with Crippen LogP contribution in [-0.2, 0) is 17.7 Å². The summed E-state index contributed by atoms with van der Waals surface area (Å²) in [5.74, 6) is -0.161. The molecule has 4 rings (SSSR count). The van der Waals surface area contributed by atoms with E-state index in [9.17, 15) is 21.8 Å². The number of anilines is 1. The molecule has 0 aliphatic carbocycles. The zero-order chi connectivity index (χ0) is 29.2. The molecule has 40 heavy (non-hydrogen) atoms. The van der Waals surface area contributed by atoms with Crippen LogP contribution in [0.2, 0.25) is 0 Å². The van der Waals surface area contributed by atoms with Gasteiger partial charge in [-0.25, -0.2) is 8.60 Å². The summed E-state index contributed by atoms with van der Waals surface area (Å²) in [5.41, 5.74) is 5.71. The largest absolute Gasteiger partial charge is 0.496 e. The summed E-state index contributed by atoms with van der Waals surface area (Å²) in [6, 6.07) is 13.0. The lowest BCUT2D eigenvalue weighted by molar-refractivity contribution is -0.129. The number of benzene rings is 3. The van der Waals surface area contributed by atoms with E-state index in [1.165, 1.54) is 31.4 Å². The monoisotopic (exact) mass is 577 g/mol. The number of methoxy groups -OCH3 is 1. The molecule has 0 saturated heterocycles. The first-order valence-corrected chi connectivity index (χ1v) is 13.9. The minimum absolute atomic E-state index is 0.117. The number of alkyl halides is 3. The van der Waals surface area contributed by atoms with Gasteiger partial charge < -0.3 is 19.0 Å². The molecule has 1 heterocycles. The molecule has 3 aromatic carbocycles. The molecule has 1 aliphatic heterocycles. The molecule has 3 aromatic rings. The molecule has 0 saturated carbocycles. The molecule has 1 aliphatic rings. The minimum Gasteiger partial charge on any atom is -0.496 e. The Morgan fingerprint density at radius 3 is 2.40 bits per heavy atom. The standard InChI is InChI=1S/C30H31F4NO4S/c1-18-6-7-20(31)14-26(18)38-17-24-22(10-11-25-28(24)19(2)16-29(3,4)35-25)23-9-8-21(15-27(23)37-5)39-40(36)13-12-30(32,33)34/h6-11,14-16,35H,12-13,17H2,1-5H3. The molecule has 0 amide bonds. The second-order valence-electron chi connectivity index (χ2n) is 10.2. The van der Waals surface area contributed by atoms with Gasteiger partial charge in [0.15, 0.2) is 0 Å². The highest BCUT2D eigenvalue weighted by molar-refractivity contribution is 7.80. The summed E-state index contributed by atoms with van der Waals surface area (Å²) in [6.45, 7) is 8.12. The van der Waals surface area contributed by atoms with Crippen LogP contribution in [0.4, 0.5) is 23.2 Å². The number of ether oxygens (including phenoxy) is 2. The second-order valence-corrected chi connectivity index (χ2v) is 11.4. The average Bonchev–Trinajstić information content (AvgIpc) is 2.86. The maximum Gasteiger partial charge on any atom is 0.390 e. The Bertz CT molecular complexity index is 1470. The molecule has 0 radical (unpaired) electrons. The lowest BCUT2D eigenvalue weighted by Gasteiger charge is -2.33. The Morgan fingerprint density at radius 2 is 1.70 bits per heavy atom. The number of nitrogens with one attached hydrogen (secondary N) is 1. The smallest absolute Gasteiger partial charge is 0.390 e. The highest BCUT2D eigenvalue weighted by Gasteiger charge is 2.29. The predicted octanol–water partition coefficient (Wildman–Crippen LogP) is 7.99. The fourth-order valence-corrected chi connectivity index (χ4v) is 5.57. The predicted molar refractivity (Wildman–Crippen MR) is 150 cm³/mol. The maximum atomic E-state index is 14.0. The molecule has 10 heteroatoms. The van der Waals surface area contributed by atoms with Crippen LogP contribution in [0.25, 0.3) is 16.7 Å². The molecule has 1 unspecified atom stereocenters. The SMILES string of the molecule is COc1cc(OS(=O)CCC(F)(F)F)ccc1-c1ccc2c(c1COc1cc(F)ccc1C)C(C)=CC(C)(C)N2. The van der Waals surface area contributed by atoms with Crippen LogP contribution in [0.1, 0.15) is 43.9 Å². The van der Waals surface area contributed by atoms with E-state index in [2.05, 4.69) is 25.2 Å². The van der Waals surface area contributed by atoms with E-state index in [1.54, 1.807) is 12.1 Å². The van der Waals surface area contributed by atoms with Gasteiger partial charge in [0, 0.05) is 34.5 Å². The van der Waals surface area contributed by atoms with E-state index in [-0.39, 0.29) is 17.9 Å². The van der Waals surface area contributed by atoms with E-state index < -0.39 is 35.2 Å². The first kappa shape index (κ1) is 29.5. The Balaban J connectivity index is 1.74. The molecule has 214 valence electrons. The Morgan fingerprint density at radius 1 is 0.975 bits per heavy atom. The van der Waals surface area contributed by atoms with Crippen molar-refractivity contribution in [3.63, 3.8) is 0 Å². The van der Waals surface area contributed by atoms with Crippen LogP contribution in [-0.4, -0.2) is 28.8 Å². The number of allylic oxidation sites excluding steroid dienone is 1. The number of hydrogen-bond acceptors (Lipinski definition) is 5. The summed E-state index contributed by atoms with van der Waals surface area (Å²) < 4.78 is 80.6. The van der Waals surface area contributed by atoms with Crippen molar-refractivity contribution in [2.45, 2.75) is 52.4 Å². The first-order valence-electron chi connectivity index (χ1n) is 12.6. The molecule has 0 aromatic heterocycles. The number of fused-ring (bicyclic) bond motifs is 1. The molecule has 1 N–H and O–H groups in total. The molecule has 5 nitrogen and oxygen atoms in total. The van der Waals surface area contributed by atoms with Crippen LogP contribution >= 0.6 is 0 Å². The van der Waals surface area contributed by atoms with Gasteiger partial charge in [-0.05, 0) is 68.7 Å². The Labute approximate surface area is 233 Å². The van der Waals surface area contributed by atoms with Crippen LogP contribution in [0, 0.1) is 12.7 Å². The maximum absolute atomic E-state index is 14.0. The quantitative estimate of drug-likeness (QED) is 0.261. The fraction of sp³-hybridized carbons (Fsp3) is 0.333. The van der Waals surface area contributed by atoms with E-state index >= 15 is 0 Å². The number of aryl methyl sites for hydroxylation is 1. The van der Waals surface area contributed by atoms with E-state index in [0.717, 1.165) is 33.5 Å². The molecule has 0 bridgehead atoms. The molecule has 0 fully saturated rings. The molecular formula is C30H31F4NO4S. The Hall–Kier alpha value is -3.53. The summed E-state index contributed by atoms with van der Waals surface area (Å²) >= 11 is -2.17. The third kappa shape index (κ3) is 6.96. The van der Waals surface area contributed by atoms with Crippen molar-refractivity contribution in [2.24, 2.45) is 0 Å². The van der Waals surface area contributed by atoms with Gasteiger partial charge in [-0.2, -0.15) is 13.2 Å². The zero-order valence-corrected chi connectivity index (χ0v) is 23.7. The normalized spacial score (nSPS) is 15.0. The van der Waals surface area contributed by atoms with E-state index in [4.69, 9.17) is 13.7 Å². The van der Waals surface area contributed by atoms with Crippen molar-refractivity contribution in [2.75, 3.05) is 18.2 Å². The van der Waals surface area contributed by atoms with Crippen molar-refractivity contribution >= 4 is 22.3 Å². The molecular weight excluding hydrogens is 546 g/mol. The highest BCUT2D eigenvalue weighted by atomic mass is 32.2. The van der Waals surface area contributed by atoms with Gasteiger partial charge in [0.05, 0.1) is 24.8 Å². The third-order valence-corrected chi connectivity index (χ3v) is 7.38. The highest BCUT2D eigenvalue weighted by Crippen LogP contribution is 2.43. The number of halogens is 4. The minimum atomic E-state index is -4.42. The van der Waals surface area contributed by atoms with E-state index in [1.807, 2.05) is 26.0 Å². The third-order valence-electron chi connectivity index (χ3n) is 6.47. The summed E-state index contributed by atoms with van der Waals surface area (Å²) in [7, 11) is 1.46. The van der Waals surface area contributed by atoms with Crippen molar-refractivity contribution in [1.82, 2.24) is 0 Å². The van der Waals surface area contributed by atoms with Crippen molar-refractivity contribution in [3.05, 3.63) is 77.1 Å². The summed E-state index contributed by atoms with van der Waals surface area (Å²) in [4.78, 5) is 0.